The molecule has 0 spiro atoms. The molecule has 2 saturated carbocycles. The minimum absolute atomic E-state index is 0.0264. The van der Waals surface area contributed by atoms with Crippen LogP contribution in [0.3, 0.4) is 0 Å². The first-order valence-corrected chi connectivity index (χ1v) is 9.02. The third-order valence-corrected chi connectivity index (χ3v) is 6.97. The molecule has 0 radical (unpaired) electrons. The summed E-state index contributed by atoms with van der Waals surface area (Å²) in [5, 5.41) is 22.8. The van der Waals surface area contributed by atoms with Crippen molar-refractivity contribution in [2.75, 3.05) is 0 Å². The normalized spacial score (nSPS) is 41.9. The van der Waals surface area contributed by atoms with Gasteiger partial charge in [0.25, 0.3) is 0 Å². The summed E-state index contributed by atoms with van der Waals surface area (Å²) in [7, 11) is 0. The Morgan fingerprint density at radius 3 is 2.54 bits per heavy atom. The van der Waals surface area contributed by atoms with Gasteiger partial charge in [-0.05, 0) is 49.7 Å². The van der Waals surface area contributed by atoms with Crippen LogP contribution in [0.15, 0.2) is 23.0 Å². The molecule has 2 aliphatic carbocycles. The molecular formula is C20H30O4. The monoisotopic (exact) mass is 334 g/mol. The minimum atomic E-state index is -1.41. The van der Waals surface area contributed by atoms with Crippen LogP contribution >= 0.6 is 0 Å². The van der Waals surface area contributed by atoms with E-state index in [2.05, 4.69) is 13.8 Å². The Morgan fingerprint density at radius 2 is 1.92 bits per heavy atom. The van der Waals surface area contributed by atoms with Crippen molar-refractivity contribution in [3.05, 3.63) is 24.2 Å². The predicted molar refractivity (Wildman–Crippen MR) is 91.5 cm³/mol. The van der Waals surface area contributed by atoms with Gasteiger partial charge in [-0.25, -0.2) is 0 Å². The molecule has 4 atom stereocenters. The van der Waals surface area contributed by atoms with Gasteiger partial charge in [-0.1, -0.05) is 27.2 Å². The van der Waals surface area contributed by atoms with Crippen molar-refractivity contribution in [3.63, 3.8) is 0 Å². The molecule has 1 aromatic rings. The third kappa shape index (κ3) is 2.38. The lowest BCUT2D eigenvalue weighted by molar-refractivity contribution is -0.261. The van der Waals surface area contributed by atoms with Crippen LogP contribution in [0.5, 0.6) is 0 Å². The highest BCUT2D eigenvalue weighted by atomic mass is 16.4. The van der Waals surface area contributed by atoms with E-state index in [0.717, 1.165) is 24.8 Å². The fourth-order valence-corrected chi connectivity index (χ4v) is 5.82. The number of aliphatic hydroxyl groups is 2. The van der Waals surface area contributed by atoms with Crippen LogP contribution in [0.2, 0.25) is 0 Å². The maximum atomic E-state index is 12.9. The van der Waals surface area contributed by atoms with Crippen LogP contribution in [-0.2, 0) is 11.2 Å². The van der Waals surface area contributed by atoms with Crippen molar-refractivity contribution < 1.29 is 19.4 Å². The van der Waals surface area contributed by atoms with E-state index in [1.165, 1.54) is 0 Å². The van der Waals surface area contributed by atoms with Gasteiger partial charge in [0.1, 0.15) is 5.78 Å². The first kappa shape index (κ1) is 17.7. The number of aryl methyl sites for hydroxylation is 1. The number of hydrogen-bond donors (Lipinski definition) is 2. The van der Waals surface area contributed by atoms with Crippen molar-refractivity contribution in [3.8, 4) is 0 Å². The molecule has 1 aromatic heterocycles. The molecule has 4 unspecified atom stereocenters. The second kappa shape index (κ2) is 5.43. The van der Waals surface area contributed by atoms with Gasteiger partial charge in [-0.2, -0.15) is 0 Å². The molecule has 2 fully saturated rings. The Kier molecular flexibility index (Phi) is 4.00. The van der Waals surface area contributed by atoms with Gasteiger partial charge in [0.05, 0.1) is 23.7 Å². The van der Waals surface area contributed by atoms with Crippen LogP contribution in [0.1, 0.15) is 65.4 Å². The highest BCUT2D eigenvalue weighted by Crippen LogP contribution is 2.63. The van der Waals surface area contributed by atoms with Crippen molar-refractivity contribution in [2.45, 2.75) is 77.4 Å². The second-order valence-corrected chi connectivity index (χ2v) is 9.10. The Hall–Kier alpha value is -1.13. The van der Waals surface area contributed by atoms with Crippen molar-refractivity contribution in [1.29, 1.82) is 0 Å². The average molecular weight is 334 g/mol. The summed E-state index contributed by atoms with van der Waals surface area (Å²) < 4.78 is 5.12. The summed E-state index contributed by atoms with van der Waals surface area (Å²) in [5.41, 5.74) is -2.46. The van der Waals surface area contributed by atoms with Crippen molar-refractivity contribution in [1.82, 2.24) is 0 Å². The van der Waals surface area contributed by atoms with Crippen LogP contribution in [0.4, 0.5) is 0 Å². The number of fused-ring (bicyclic) bond motifs is 1. The van der Waals surface area contributed by atoms with E-state index in [1.54, 1.807) is 19.5 Å². The maximum Gasteiger partial charge on any atom is 0.140 e. The molecule has 4 nitrogen and oxygen atoms in total. The van der Waals surface area contributed by atoms with Crippen LogP contribution in [0.25, 0.3) is 0 Å². The molecule has 0 bridgehead atoms. The molecule has 2 aliphatic rings. The van der Waals surface area contributed by atoms with E-state index in [4.69, 9.17) is 4.42 Å². The molecule has 3 rings (SSSR count). The Morgan fingerprint density at radius 1 is 1.21 bits per heavy atom. The fraction of sp³-hybridized carbons (Fsp3) is 0.750. The lowest BCUT2D eigenvalue weighted by Crippen LogP contribution is -2.72. The molecule has 1 heterocycles. The first-order valence-electron chi connectivity index (χ1n) is 9.02. The summed E-state index contributed by atoms with van der Waals surface area (Å²) in [5.74, 6) is -0.117. The highest BCUT2D eigenvalue weighted by Gasteiger charge is 2.68. The standard InChI is InChI=1S/C20H30O4/c1-17(2)8-5-9-18(3)16(17)15(21)12-19(4,22)20(18,23)10-6-14-7-11-24-13-14/h7,11,13,16,22-23H,5-6,8-10,12H2,1-4H3. The zero-order chi connectivity index (χ0) is 17.8. The number of carbonyl (C=O) groups excluding carboxylic acids is 1. The Balaban J connectivity index is 2.01. The van der Waals surface area contributed by atoms with Gasteiger partial charge in [0, 0.05) is 17.8 Å². The SMILES string of the molecule is CC1(C)CCCC2(C)C1C(=O)CC(C)(O)C2(O)CCc1ccoc1. The zero-order valence-corrected chi connectivity index (χ0v) is 15.3. The Bertz CT molecular complexity index is 616. The van der Waals surface area contributed by atoms with Crippen LogP contribution in [0, 0.1) is 16.7 Å². The maximum absolute atomic E-state index is 12.9. The van der Waals surface area contributed by atoms with Gasteiger partial charge in [-0.3, -0.25) is 4.79 Å². The number of furan rings is 1. The predicted octanol–water partition coefficient (Wildman–Crippen LogP) is 3.50. The summed E-state index contributed by atoms with van der Waals surface area (Å²) in [6.07, 6.45) is 7.10. The molecule has 0 aliphatic heterocycles. The quantitative estimate of drug-likeness (QED) is 0.887. The van der Waals surface area contributed by atoms with Crippen LogP contribution < -0.4 is 0 Å². The number of Topliss-reactive ketones (excluding diaryl/α,β-unsaturated/α-hetero) is 1. The minimum Gasteiger partial charge on any atom is -0.472 e. The second-order valence-electron chi connectivity index (χ2n) is 9.10. The van der Waals surface area contributed by atoms with E-state index < -0.39 is 16.6 Å². The number of rotatable bonds is 3. The van der Waals surface area contributed by atoms with E-state index in [-0.39, 0.29) is 23.5 Å². The summed E-state index contributed by atoms with van der Waals surface area (Å²) in [6, 6.07) is 1.89. The molecule has 24 heavy (non-hydrogen) atoms. The van der Waals surface area contributed by atoms with E-state index in [1.807, 2.05) is 13.0 Å². The summed E-state index contributed by atoms with van der Waals surface area (Å²) in [4.78, 5) is 12.9. The van der Waals surface area contributed by atoms with Gasteiger partial charge in [-0.15, -0.1) is 0 Å². The molecule has 4 heteroatoms. The first-order chi connectivity index (χ1) is 11.0. The molecule has 2 N–H and O–H groups in total. The molecule has 0 amide bonds. The number of ketones is 1. The smallest absolute Gasteiger partial charge is 0.140 e. The lowest BCUT2D eigenvalue weighted by Gasteiger charge is -2.64. The summed E-state index contributed by atoms with van der Waals surface area (Å²) >= 11 is 0. The highest BCUT2D eigenvalue weighted by molar-refractivity contribution is 5.85. The number of hydrogen-bond acceptors (Lipinski definition) is 4. The lowest BCUT2D eigenvalue weighted by atomic mass is 9.42. The molecule has 134 valence electrons. The fourth-order valence-electron chi connectivity index (χ4n) is 5.82. The summed E-state index contributed by atoms with van der Waals surface area (Å²) in [6.45, 7) is 7.90. The van der Waals surface area contributed by atoms with E-state index >= 15 is 0 Å². The molecule has 0 aromatic carbocycles. The Labute approximate surface area is 144 Å². The van der Waals surface area contributed by atoms with E-state index in [0.29, 0.717) is 12.8 Å². The van der Waals surface area contributed by atoms with Crippen molar-refractivity contribution in [2.24, 2.45) is 16.7 Å². The van der Waals surface area contributed by atoms with Gasteiger partial charge in [0.2, 0.25) is 0 Å². The van der Waals surface area contributed by atoms with Gasteiger partial charge < -0.3 is 14.6 Å². The van der Waals surface area contributed by atoms with E-state index in [9.17, 15) is 15.0 Å². The molecular weight excluding hydrogens is 304 g/mol. The largest absolute Gasteiger partial charge is 0.472 e. The van der Waals surface area contributed by atoms with Crippen molar-refractivity contribution >= 4 is 5.78 Å². The zero-order valence-electron chi connectivity index (χ0n) is 15.3. The van der Waals surface area contributed by atoms with Gasteiger partial charge >= 0.3 is 0 Å². The van der Waals surface area contributed by atoms with Crippen LogP contribution in [-0.4, -0.2) is 27.2 Å². The van der Waals surface area contributed by atoms with Gasteiger partial charge in [0.15, 0.2) is 0 Å². The molecule has 0 saturated heterocycles. The average Bonchev–Trinajstić information content (AvgIpc) is 2.94. The topological polar surface area (TPSA) is 70.7 Å². The number of carbonyl (C=O) groups is 1. The third-order valence-electron chi connectivity index (χ3n) is 6.97.